The minimum Gasteiger partial charge on any atom is -0.355 e. The molecule has 162 valence electrons. The van der Waals surface area contributed by atoms with E-state index in [9.17, 15) is 4.79 Å². The largest absolute Gasteiger partial charge is 0.355 e. The Bertz CT molecular complexity index is 1020. The van der Waals surface area contributed by atoms with E-state index in [0.717, 1.165) is 49.0 Å². The molecule has 3 nitrogen and oxygen atoms in total. The Kier molecular flexibility index (Phi) is 7.90. The molecule has 0 bridgehead atoms. The minimum atomic E-state index is 0.0849. The zero-order valence-electron chi connectivity index (χ0n) is 17.7. The lowest BCUT2D eigenvalue weighted by Crippen LogP contribution is -2.43. The summed E-state index contributed by atoms with van der Waals surface area (Å²) in [7, 11) is 0. The number of likely N-dealkylation sites (tertiary alicyclic amines) is 1. The second-order valence-electron chi connectivity index (χ2n) is 8.19. The molecular formula is C26H29ClN2OS. The summed E-state index contributed by atoms with van der Waals surface area (Å²) in [5, 5.41) is 6.52. The van der Waals surface area contributed by atoms with Crippen LogP contribution >= 0.6 is 23.4 Å². The van der Waals surface area contributed by atoms with E-state index in [4.69, 9.17) is 11.6 Å². The average Bonchev–Trinajstić information content (AvgIpc) is 2.79. The van der Waals surface area contributed by atoms with Gasteiger partial charge in [-0.15, -0.1) is 0 Å². The highest BCUT2D eigenvalue weighted by atomic mass is 35.5. The second-order valence-corrected chi connectivity index (χ2v) is 9.73. The Morgan fingerprint density at radius 3 is 2.84 bits per heavy atom. The third-order valence-electron chi connectivity index (χ3n) is 5.85. The number of carbonyl (C=O) groups excluding carboxylic acids is 1. The van der Waals surface area contributed by atoms with Gasteiger partial charge in [-0.1, -0.05) is 66.2 Å². The first-order valence-corrected chi connectivity index (χ1v) is 12.5. The summed E-state index contributed by atoms with van der Waals surface area (Å²) in [6.45, 7) is 3.51. The van der Waals surface area contributed by atoms with Crippen LogP contribution < -0.4 is 5.32 Å². The van der Waals surface area contributed by atoms with Gasteiger partial charge in [0.15, 0.2) is 0 Å². The van der Waals surface area contributed by atoms with Crippen LogP contribution in [-0.4, -0.2) is 36.2 Å². The topological polar surface area (TPSA) is 32.3 Å². The molecule has 3 aromatic rings. The number of carbonyl (C=O) groups is 1. The molecule has 0 saturated carbocycles. The number of benzene rings is 3. The van der Waals surface area contributed by atoms with Gasteiger partial charge in [0, 0.05) is 36.2 Å². The lowest BCUT2D eigenvalue weighted by molar-refractivity contribution is -0.126. The molecule has 0 aliphatic carbocycles. The maximum Gasteiger partial charge on any atom is 0.224 e. The number of nitrogens with zero attached hydrogens (tertiary/aromatic N) is 1. The van der Waals surface area contributed by atoms with Crippen molar-refractivity contribution >= 4 is 40.0 Å². The van der Waals surface area contributed by atoms with Crippen LogP contribution in [-0.2, 0) is 17.1 Å². The molecule has 1 amide bonds. The number of piperidine rings is 1. The van der Waals surface area contributed by atoms with E-state index >= 15 is 0 Å². The molecule has 31 heavy (non-hydrogen) atoms. The monoisotopic (exact) mass is 452 g/mol. The number of nitrogens with one attached hydrogen (secondary N) is 1. The highest BCUT2D eigenvalue weighted by Crippen LogP contribution is 2.23. The molecule has 1 atom stereocenters. The molecule has 1 N–H and O–H groups in total. The van der Waals surface area contributed by atoms with E-state index in [1.54, 1.807) is 0 Å². The molecular weight excluding hydrogens is 424 g/mol. The Morgan fingerprint density at radius 1 is 1.10 bits per heavy atom. The van der Waals surface area contributed by atoms with Crippen LogP contribution in [0.2, 0.25) is 5.02 Å². The first-order valence-electron chi connectivity index (χ1n) is 11.0. The standard InChI is InChI=1S/C26H29ClN2OS/c27-24-11-3-6-20(16-24)19-31-15-13-28-26(30)23-10-5-14-29(18-23)17-22-9-4-8-21-7-1-2-12-25(21)22/h1-4,6-9,11-12,16,23H,5,10,13-15,17-19H2,(H,28,30). The summed E-state index contributed by atoms with van der Waals surface area (Å²) >= 11 is 7.86. The van der Waals surface area contributed by atoms with Crippen LogP contribution in [0.25, 0.3) is 10.8 Å². The molecule has 1 heterocycles. The Hall–Kier alpha value is -2.01. The summed E-state index contributed by atoms with van der Waals surface area (Å²) in [4.78, 5) is 15.2. The Labute approximate surface area is 194 Å². The number of amides is 1. The average molecular weight is 453 g/mol. The molecule has 1 aliphatic heterocycles. The summed E-state index contributed by atoms with van der Waals surface area (Å²) in [6.07, 6.45) is 2.06. The molecule has 0 radical (unpaired) electrons. The highest BCUT2D eigenvalue weighted by molar-refractivity contribution is 7.98. The lowest BCUT2D eigenvalue weighted by atomic mass is 9.96. The van der Waals surface area contributed by atoms with Crippen LogP contribution in [0.4, 0.5) is 0 Å². The number of hydrogen-bond acceptors (Lipinski definition) is 3. The zero-order valence-corrected chi connectivity index (χ0v) is 19.3. The Morgan fingerprint density at radius 2 is 1.94 bits per heavy atom. The fourth-order valence-electron chi connectivity index (χ4n) is 4.29. The van der Waals surface area contributed by atoms with Crippen molar-refractivity contribution in [2.24, 2.45) is 5.92 Å². The highest BCUT2D eigenvalue weighted by Gasteiger charge is 2.25. The quantitative estimate of drug-likeness (QED) is 0.441. The van der Waals surface area contributed by atoms with Crippen molar-refractivity contribution < 1.29 is 4.79 Å². The lowest BCUT2D eigenvalue weighted by Gasteiger charge is -2.32. The van der Waals surface area contributed by atoms with Crippen molar-refractivity contribution in [3.8, 4) is 0 Å². The molecule has 0 spiro atoms. The van der Waals surface area contributed by atoms with Gasteiger partial charge in [0.1, 0.15) is 0 Å². The van der Waals surface area contributed by atoms with Crippen molar-refractivity contribution in [1.82, 2.24) is 10.2 Å². The van der Waals surface area contributed by atoms with Gasteiger partial charge in [-0.2, -0.15) is 11.8 Å². The van der Waals surface area contributed by atoms with Crippen molar-refractivity contribution in [3.05, 3.63) is 82.9 Å². The summed E-state index contributed by atoms with van der Waals surface area (Å²) in [5.41, 5.74) is 2.57. The third kappa shape index (κ3) is 6.25. The zero-order chi connectivity index (χ0) is 21.5. The second kappa shape index (κ2) is 11.0. The molecule has 1 aliphatic rings. The normalized spacial score (nSPS) is 17.0. The predicted octanol–water partition coefficient (Wildman–Crippen LogP) is 5.75. The number of halogens is 1. The van der Waals surface area contributed by atoms with Crippen LogP contribution in [0.1, 0.15) is 24.0 Å². The van der Waals surface area contributed by atoms with Gasteiger partial charge < -0.3 is 5.32 Å². The molecule has 5 heteroatoms. The molecule has 0 aromatic heterocycles. The molecule has 4 rings (SSSR count). The van der Waals surface area contributed by atoms with Gasteiger partial charge in [-0.25, -0.2) is 0 Å². The van der Waals surface area contributed by atoms with Crippen molar-refractivity contribution in [2.45, 2.75) is 25.1 Å². The van der Waals surface area contributed by atoms with E-state index in [0.29, 0.717) is 6.54 Å². The molecule has 1 saturated heterocycles. The van der Waals surface area contributed by atoms with Crippen LogP contribution in [0.15, 0.2) is 66.7 Å². The van der Waals surface area contributed by atoms with E-state index in [2.05, 4.69) is 58.7 Å². The van der Waals surface area contributed by atoms with Crippen LogP contribution in [0.3, 0.4) is 0 Å². The van der Waals surface area contributed by atoms with Crippen LogP contribution in [0.5, 0.6) is 0 Å². The molecule has 3 aromatic carbocycles. The Balaban J connectivity index is 1.23. The van der Waals surface area contributed by atoms with E-state index < -0.39 is 0 Å². The fourth-order valence-corrected chi connectivity index (χ4v) is 5.31. The van der Waals surface area contributed by atoms with Gasteiger partial charge in [0.2, 0.25) is 5.91 Å². The minimum absolute atomic E-state index is 0.0849. The maximum absolute atomic E-state index is 12.7. The predicted molar refractivity (Wildman–Crippen MR) is 133 cm³/mol. The summed E-state index contributed by atoms with van der Waals surface area (Å²) in [5.74, 6) is 2.11. The smallest absolute Gasteiger partial charge is 0.224 e. The number of rotatable bonds is 8. The van der Waals surface area contributed by atoms with Gasteiger partial charge >= 0.3 is 0 Å². The van der Waals surface area contributed by atoms with Crippen molar-refractivity contribution in [2.75, 3.05) is 25.4 Å². The van der Waals surface area contributed by atoms with E-state index in [1.807, 2.05) is 30.0 Å². The van der Waals surface area contributed by atoms with Gasteiger partial charge in [0.25, 0.3) is 0 Å². The maximum atomic E-state index is 12.7. The first-order chi connectivity index (χ1) is 15.2. The molecule has 1 fully saturated rings. The van der Waals surface area contributed by atoms with E-state index in [1.165, 1.54) is 21.9 Å². The van der Waals surface area contributed by atoms with Gasteiger partial charge in [0.05, 0.1) is 5.92 Å². The number of hydrogen-bond donors (Lipinski definition) is 1. The van der Waals surface area contributed by atoms with Gasteiger partial charge in [-0.3, -0.25) is 9.69 Å². The van der Waals surface area contributed by atoms with Crippen LogP contribution in [0, 0.1) is 5.92 Å². The molecule has 1 unspecified atom stereocenters. The van der Waals surface area contributed by atoms with Crippen molar-refractivity contribution in [1.29, 1.82) is 0 Å². The SMILES string of the molecule is O=C(NCCSCc1cccc(Cl)c1)C1CCCN(Cc2cccc3ccccc23)C1. The van der Waals surface area contributed by atoms with E-state index in [-0.39, 0.29) is 11.8 Å². The summed E-state index contributed by atoms with van der Waals surface area (Å²) in [6, 6.07) is 23.0. The fraction of sp³-hybridized carbons (Fsp3) is 0.346. The third-order valence-corrected chi connectivity index (χ3v) is 7.12. The van der Waals surface area contributed by atoms with Gasteiger partial charge in [-0.05, 0) is 53.4 Å². The van der Waals surface area contributed by atoms with Crippen molar-refractivity contribution in [3.63, 3.8) is 0 Å². The summed E-state index contributed by atoms with van der Waals surface area (Å²) < 4.78 is 0. The number of thioether (sulfide) groups is 1. The first kappa shape index (κ1) is 22.2. The number of fused-ring (bicyclic) bond motifs is 1.